The van der Waals surface area contributed by atoms with Gasteiger partial charge in [-0.3, -0.25) is 62.5 Å². The molecule has 0 radical (unpaired) electrons. The van der Waals surface area contributed by atoms with Gasteiger partial charge in [-0.15, -0.1) is 11.8 Å². The van der Waals surface area contributed by atoms with E-state index in [1.807, 2.05) is 0 Å². The largest absolute Gasteiger partial charge is 0.481 e. The normalized spacial score (nSPS) is 21.6. The van der Waals surface area contributed by atoms with Crippen LogP contribution in [0.2, 0.25) is 0 Å². The summed E-state index contributed by atoms with van der Waals surface area (Å²) in [4.78, 5) is 164. The van der Waals surface area contributed by atoms with Crippen molar-refractivity contribution >= 4 is 110 Å². The second-order valence-electron chi connectivity index (χ2n) is 17.7. The summed E-state index contributed by atoms with van der Waals surface area (Å²) in [5.74, 6) is -12.2. The number of rotatable bonds is 29. The van der Waals surface area contributed by atoms with Gasteiger partial charge in [-0.2, -0.15) is 0 Å². The third-order valence-electron chi connectivity index (χ3n) is 11.0. The first-order chi connectivity index (χ1) is 39.3. The fourth-order valence-corrected chi connectivity index (χ4v) is 10.3. The van der Waals surface area contributed by atoms with Gasteiger partial charge in [0.05, 0.1) is 58.4 Å². The molecule has 82 heavy (non-hydrogen) atoms. The van der Waals surface area contributed by atoms with E-state index in [0.29, 0.717) is 51.8 Å². The number of carboxylic acids is 1. The molecule has 32 nitrogen and oxygen atoms in total. The molecule has 2 saturated heterocycles. The minimum absolute atomic E-state index is 0.00612. The fourth-order valence-electron chi connectivity index (χ4n) is 7.09. The molecule has 1 aromatic rings. The number of aliphatic imine (C=N–C) groups is 1. The average molecular weight is 1220 g/mol. The van der Waals surface area contributed by atoms with Gasteiger partial charge in [-0.1, -0.05) is 51.9 Å². The second-order valence-corrected chi connectivity index (χ2v) is 21.3. The minimum Gasteiger partial charge on any atom is -0.481 e. The molecule has 2 fully saturated rings. The summed E-state index contributed by atoms with van der Waals surface area (Å²) in [7, 11) is 0.973. The van der Waals surface area contributed by atoms with Crippen LogP contribution < -0.4 is 76.1 Å². The number of nitrogens with two attached hydrogens (primary N) is 4. The lowest BCUT2D eigenvalue weighted by Crippen LogP contribution is -2.58. The van der Waals surface area contributed by atoms with Crippen molar-refractivity contribution in [2.75, 3.05) is 91.3 Å². The average Bonchev–Trinajstić information content (AvgIpc) is 3.43. The number of hydrogen-bond acceptors (Lipinski definition) is 21. The molecule has 7 atom stereocenters. The van der Waals surface area contributed by atoms with Gasteiger partial charge in [0.2, 0.25) is 47.3 Å². The number of nitrogens with one attached hydrogen (secondary N) is 10. The number of aliphatic carboxylic acids is 1. The van der Waals surface area contributed by atoms with Crippen LogP contribution >= 0.6 is 33.3 Å². The number of carbonyl (C=O) groups is 12. The Labute approximate surface area is 483 Å². The molecule has 456 valence electrons. The van der Waals surface area contributed by atoms with Crippen LogP contribution in [-0.2, 0) is 82.9 Å². The lowest BCUT2D eigenvalue weighted by Gasteiger charge is -2.27. The van der Waals surface area contributed by atoms with Gasteiger partial charge in [-0.05, 0) is 44.2 Å². The summed E-state index contributed by atoms with van der Waals surface area (Å²) in [6.07, 6.45) is -0.566. The highest BCUT2D eigenvalue weighted by molar-refractivity contribution is 8.77. The van der Waals surface area contributed by atoms with Crippen LogP contribution in [0.25, 0.3) is 0 Å². The van der Waals surface area contributed by atoms with Gasteiger partial charge in [0, 0.05) is 26.1 Å². The van der Waals surface area contributed by atoms with Gasteiger partial charge in [0.25, 0.3) is 17.7 Å². The molecular formula is C47H73N15O17S3. The van der Waals surface area contributed by atoms with E-state index in [1.165, 1.54) is 0 Å². The smallest absolute Gasteiger partial charge is 0.305 e. The number of thioether (sulfide) groups is 1. The van der Waals surface area contributed by atoms with Crippen LogP contribution in [0.4, 0.5) is 0 Å². The molecular weight excluding hydrogens is 1140 g/mol. The Bertz CT molecular complexity index is 2340. The van der Waals surface area contributed by atoms with Crippen molar-refractivity contribution in [3.63, 3.8) is 0 Å². The topological polar surface area (TPSA) is 499 Å². The maximum absolute atomic E-state index is 14.6. The van der Waals surface area contributed by atoms with E-state index in [0.717, 1.165) is 0 Å². The third-order valence-corrected chi connectivity index (χ3v) is 14.8. The molecule has 2 aliphatic heterocycles. The third kappa shape index (κ3) is 29.1. The zero-order valence-corrected chi connectivity index (χ0v) is 47.2. The van der Waals surface area contributed by atoms with E-state index in [1.54, 1.807) is 30.3 Å². The highest BCUT2D eigenvalue weighted by Gasteiger charge is 2.37. The van der Waals surface area contributed by atoms with Crippen molar-refractivity contribution < 1.29 is 81.6 Å². The first-order valence-electron chi connectivity index (χ1n) is 25.7. The lowest BCUT2D eigenvalue weighted by atomic mass is 10.1. The second kappa shape index (κ2) is 39.4. The summed E-state index contributed by atoms with van der Waals surface area (Å²) >= 11 is 0.657. The fraction of sp³-hybridized carbons (Fsp3) is 0.596. The summed E-state index contributed by atoms with van der Waals surface area (Å²) in [6.45, 7) is -0.422. The number of fused-ring (bicyclic) bond motifs is 3. The number of unbranched alkanes of at least 4 members (excludes halogenated alkanes) is 1. The number of hydrogen-bond donors (Lipinski definition) is 15. The van der Waals surface area contributed by atoms with Crippen LogP contribution in [0.3, 0.4) is 0 Å². The number of nitrogens with zero attached hydrogens (tertiary/aromatic N) is 1. The molecule has 2 aliphatic rings. The number of carboxylic acid groups (broad SMARTS) is 1. The maximum Gasteiger partial charge on any atom is 0.305 e. The number of primary amides is 1. The Morgan fingerprint density at radius 2 is 1.17 bits per heavy atom. The molecule has 1 aromatic carbocycles. The monoisotopic (exact) mass is 1220 g/mol. The Balaban J connectivity index is 1.92. The van der Waals surface area contributed by atoms with Gasteiger partial charge in [0.1, 0.15) is 37.4 Å². The zero-order valence-electron chi connectivity index (χ0n) is 44.7. The predicted molar refractivity (Wildman–Crippen MR) is 298 cm³/mol. The van der Waals surface area contributed by atoms with Gasteiger partial charge in [0.15, 0.2) is 22.1 Å². The maximum atomic E-state index is 14.6. The molecule has 2 heterocycles. The first kappa shape index (κ1) is 69.2. The lowest BCUT2D eigenvalue weighted by molar-refractivity contribution is -0.141. The molecule has 11 amide bonds. The van der Waals surface area contributed by atoms with E-state index >= 15 is 0 Å². The summed E-state index contributed by atoms with van der Waals surface area (Å²) < 4.78 is 21.2. The molecule has 19 N–H and O–H groups in total. The molecule has 0 saturated carbocycles. The Hall–Kier alpha value is -7.02. The first-order valence-corrected chi connectivity index (χ1v) is 29.1. The van der Waals surface area contributed by atoms with E-state index < -0.39 is 130 Å². The van der Waals surface area contributed by atoms with Gasteiger partial charge < -0.3 is 100 Å². The summed E-state index contributed by atoms with van der Waals surface area (Å²) in [5, 5.41) is 29.6. The quantitative estimate of drug-likeness (QED) is 0.0153. The number of ether oxygens (including phenoxy) is 4. The van der Waals surface area contributed by atoms with Crippen LogP contribution in [-0.4, -0.2) is 214 Å². The predicted octanol–water partition coefficient (Wildman–Crippen LogP) is -6.81. The Kier molecular flexibility index (Phi) is 33.3. The van der Waals surface area contributed by atoms with Crippen molar-refractivity contribution in [2.24, 2.45) is 27.9 Å². The molecule has 3 rings (SSSR count). The summed E-state index contributed by atoms with van der Waals surface area (Å²) in [5.41, 5.74) is 22.1. The van der Waals surface area contributed by atoms with Crippen molar-refractivity contribution in [3.05, 3.63) is 35.9 Å². The van der Waals surface area contributed by atoms with E-state index in [2.05, 4.69) is 58.2 Å². The van der Waals surface area contributed by atoms with Gasteiger partial charge >= 0.3 is 5.97 Å². The highest BCUT2D eigenvalue weighted by atomic mass is 33.1. The Morgan fingerprint density at radius 1 is 0.610 bits per heavy atom. The number of amides is 11. The molecule has 0 aromatic heterocycles. The highest BCUT2D eigenvalue weighted by Crippen LogP contribution is 2.30. The van der Waals surface area contributed by atoms with Crippen LogP contribution in [0.1, 0.15) is 44.1 Å². The standard InChI is InChI=1S/C47H73N15O17S3/c48-11-5-4-9-29-38(70)61-45-42(74)58-28(10-6-12-54-47(50)51)37(69)55-23-33(64)57-31(22-36(67)68)40(72)62-46(82-81-45)43(75)59-30(21-27-7-2-1-3-8-27)39(71)60-44(80-26-35(66)56-29)41(73)53-14-16-77-18-20-78-19-17-76-15-13-52-34(65)25-79-24-32(49)63/h1-3,7-8,28-31,44-46H,4-6,9-26,48H2,(H2,49,63)(H,52,65)(H,53,73)(H,55,69)(H,56,66)(H,57,64)(H,58,74)(H,59,75)(H,60,71)(H,61,70)(H,62,72)(H,67,68)(H4,50,51,54)/t28-,29-,30-,31-,44+,45+,46+/m0/s1. The van der Waals surface area contributed by atoms with Crippen LogP contribution in [0.15, 0.2) is 35.3 Å². The van der Waals surface area contributed by atoms with Crippen molar-refractivity contribution in [3.8, 4) is 0 Å². The molecule has 0 spiro atoms. The molecule has 2 bridgehead atoms. The van der Waals surface area contributed by atoms with E-state index in [9.17, 15) is 62.6 Å². The van der Waals surface area contributed by atoms with Crippen molar-refractivity contribution in [1.82, 2.24) is 53.2 Å². The van der Waals surface area contributed by atoms with E-state index in [-0.39, 0.29) is 111 Å². The van der Waals surface area contributed by atoms with Crippen LogP contribution in [0, 0.1) is 0 Å². The molecule has 0 unspecified atom stereocenters. The number of guanidine groups is 1. The van der Waals surface area contributed by atoms with Gasteiger partial charge in [-0.25, -0.2) is 0 Å². The summed E-state index contributed by atoms with van der Waals surface area (Å²) in [6, 6.07) is 2.13. The SMILES string of the molecule is NCCCC[C@@H]1NC(=O)CS[C@H](C(=O)NCCOCCOCCOCCNC(=O)COCC(N)=O)NC(=O)[C@H](Cc2ccccc2)NC(=O)[C@@H]2NC(=O)[C@H](CC(=O)O)NC(=O)CNC(=O)[C@H](CCCN=C(N)N)NC(=O)[C@H](NC1=O)SS2. The Morgan fingerprint density at radius 3 is 1.78 bits per heavy atom. The van der Waals surface area contributed by atoms with Crippen LogP contribution in [0.5, 0.6) is 0 Å². The number of carbonyl (C=O) groups excluding carboxylic acids is 11. The minimum atomic E-state index is -1.85. The molecule has 35 heteroatoms. The number of benzene rings is 1. The zero-order chi connectivity index (χ0) is 60.2. The van der Waals surface area contributed by atoms with Crippen molar-refractivity contribution in [1.29, 1.82) is 0 Å². The van der Waals surface area contributed by atoms with E-state index in [4.69, 9.17) is 41.9 Å². The molecule has 0 aliphatic carbocycles. The van der Waals surface area contributed by atoms with Crippen molar-refractivity contribution in [2.45, 2.75) is 85.2 Å².